The summed E-state index contributed by atoms with van der Waals surface area (Å²) in [6.45, 7) is 5.85. The maximum atomic E-state index is 11.6. The van der Waals surface area contributed by atoms with Crippen molar-refractivity contribution < 1.29 is 8.42 Å². The van der Waals surface area contributed by atoms with Gasteiger partial charge >= 0.3 is 0 Å². The number of piperidine rings is 1. The van der Waals surface area contributed by atoms with E-state index >= 15 is 0 Å². The molecule has 0 aliphatic carbocycles. The molecule has 1 fully saturated rings. The Balaban J connectivity index is 2.56. The number of hydrogen-bond donors (Lipinski definition) is 1. The first-order valence-corrected chi connectivity index (χ1v) is 8.85. The third-order valence-electron chi connectivity index (χ3n) is 4.27. The van der Waals surface area contributed by atoms with Crippen LogP contribution in [0.2, 0.25) is 0 Å². The average molecular weight is 276 g/mol. The Bertz CT molecular complexity index is 343. The fourth-order valence-corrected chi connectivity index (χ4v) is 3.85. The smallest absolute Gasteiger partial charge is 0.211 e. The van der Waals surface area contributed by atoms with E-state index in [1.54, 1.807) is 4.31 Å². The molecule has 1 aliphatic heterocycles. The molecule has 0 spiro atoms. The van der Waals surface area contributed by atoms with Crippen molar-refractivity contribution in [2.24, 2.45) is 11.8 Å². The zero-order valence-corrected chi connectivity index (χ0v) is 13.0. The van der Waals surface area contributed by atoms with Gasteiger partial charge in [0.1, 0.15) is 0 Å². The second kappa shape index (κ2) is 6.87. The van der Waals surface area contributed by atoms with Gasteiger partial charge in [0.25, 0.3) is 0 Å². The number of hydrogen-bond acceptors (Lipinski definition) is 3. The van der Waals surface area contributed by atoms with Crippen LogP contribution in [0, 0.1) is 11.8 Å². The number of nitrogens with zero attached hydrogens (tertiary/aromatic N) is 1. The SMILES string of the molecule is CCC(CC1CCCN(S(C)(=O)=O)C1)C(C)NC. The van der Waals surface area contributed by atoms with E-state index in [1.807, 2.05) is 7.05 Å². The maximum Gasteiger partial charge on any atom is 0.211 e. The van der Waals surface area contributed by atoms with Crippen LogP contribution in [0.4, 0.5) is 0 Å². The minimum Gasteiger partial charge on any atom is -0.317 e. The molecule has 3 atom stereocenters. The van der Waals surface area contributed by atoms with Gasteiger partial charge in [-0.3, -0.25) is 0 Å². The molecule has 1 rings (SSSR count). The molecule has 5 heteroatoms. The second-order valence-corrected chi connectivity index (χ2v) is 7.59. The van der Waals surface area contributed by atoms with Crippen LogP contribution < -0.4 is 5.32 Å². The van der Waals surface area contributed by atoms with Crippen molar-refractivity contribution in [1.82, 2.24) is 9.62 Å². The van der Waals surface area contributed by atoms with E-state index < -0.39 is 10.0 Å². The van der Waals surface area contributed by atoms with E-state index in [0.29, 0.717) is 31.0 Å². The lowest BCUT2D eigenvalue weighted by Gasteiger charge is -2.34. The van der Waals surface area contributed by atoms with Crippen molar-refractivity contribution in [1.29, 1.82) is 0 Å². The average Bonchev–Trinajstić information content (AvgIpc) is 2.34. The van der Waals surface area contributed by atoms with Crippen molar-refractivity contribution in [3.05, 3.63) is 0 Å². The molecule has 0 aromatic carbocycles. The third kappa shape index (κ3) is 4.52. The first kappa shape index (κ1) is 15.9. The van der Waals surface area contributed by atoms with Crippen LogP contribution in [0.25, 0.3) is 0 Å². The Morgan fingerprint density at radius 1 is 1.44 bits per heavy atom. The molecule has 0 aromatic rings. The van der Waals surface area contributed by atoms with Crippen LogP contribution in [0.5, 0.6) is 0 Å². The molecule has 4 nitrogen and oxygen atoms in total. The van der Waals surface area contributed by atoms with Crippen LogP contribution >= 0.6 is 0 Å². The lowest BCUT2D eigenvalue weighted by Crippen LogP contribution is -2.41. The number of rotatable bonds is 6. The molecule has 1 aliphatic rings. The molecule has 18 heavy (non-hydrogen) atoms. The Morgan fingerprint density at radius 3 is 2.61 bits per heavy atom. The highest BCUT2D eigenvalue weighted by molar-refractivity contribution is 7.88. The van der Waals surface area contributed by atoms with Gasteiger partial charge in [-0.25, -0.2) is 12.7 Å². The summed E-state index contributed by atoms with van der Waals surface area (Å²) in [7, 11) is -1.01. The molecular weight excluding hydrogens is 248 g/mol. The topological polar surface area (TPSA) is 49.4 Å². The van der Waals surface area contributed by atoms with E-state index in [1.165, 1.54) is 12.7 Å². The lowest BCUT2D eigenvalue weighted by molar-refractivity contribution is 0.211. The monoisotopic (exact) mass is 276 g/mol. The largest absolute Gasteiger partial charge is 0.317 e. The fraction of sp³-hybridized carbons (Fsp3) is 1.00. The van der Waals surface area contributed by atoms with Gasteiger partial charge in [-0.1, -0.05) is 13.3 Å². The molecule has 0 amide bonds. The zero-order chi connectivity index (χ0) is 13.8. The van der Waals surface area contributed by atoms with Gasteiger partial charge in [0.2, 0.25) is 10.0 Å². The minimum absolute atomic E-state index is 0.503. The zero-order valence-electron chi connectivity index (χ0n) is 12.1. The minimum atomic E-state index is -3.01. The summed E-state index contributed by atoms with van der Waals surface area (Å²) < 4.78 is 24.8. The normalized spacial score (nSPS) is 25.9. The maximum absolute atomic E-state index is 11.6. The van der Waals surface area contributed by atoms with Crippen molar-refractivity contribution in [3.63, 3.8) is 0 Å². The van der Waals surface area contributed by atoms with Crippen molar-refractivity contribution in [2.45, 2.75) is 45.6 Å². The summed E-state index contributed by atoms with van der Waals surface area (Å²) in [6, 6.07) is 0.503. The van der Waals surface area contributed by atoms with E-state index in [-0.39, 0.29) is 0 Å². The second-order valence-electron chi connectivity index (χ2n) is 5.61. The summed E-state index contributed by atoms with van der Waals surface area (Å²) in [4.78, 5) is 0. The highest BCUT2D eigenvalue weighted by Crippen LogP contribution is 2.27. The van der Waals surface area contributed by atoms with Gasteiger partial charge < -0.3 is 5.32 Å². The lowest BCUT2D eigenvalue weighted by atomic mass is 9.84. The third-order valence-corrected chi connectivity index (χ3v) is 5.54. The van der Waals surface area contributed by atoms with Crippen LogP contribution in [-0.2, 0) is 10.0 Å². The highest BCUT2D eigenvalue weighted by atomic mass is 32.2. The van der Waals surface area contributed by atoms with E-state index in [2.05, 4.69) is 19.2 Å². The molecular formula is C13H28N2O2S. The summed E-state index contributed by atoms with van der Waals surface area (Å²) in [5.41, 5.74) is 0. The summed E-state index contributed by atoms with van der Waals surface area (Å²) >= 11 is 0. The predicted molar refractivity (Wildman–Crippen MR) is 76.1 cm³/mol. The number of nitrogens with one attached hydrogen (secondary N) is 1. The molecule has 0 bridgehead atoms. The van der Waals surface area contributed by atoms with E-state index in [9.17, 15) is 8.42 Å². The van der Waals surface area contributed by atoms with Gasteiger partial charge in [0.15, 0.2) is 0 Å². The Labute approximate surface area is 112 Å². The van der Waals surface area contributed by atoms with E-state index in [4.69, 9.17) is 0 Å². The van der Waals surface area contributed by atoms with Gasteiger partial charge in [0.05, 0.1) is 6.26 Å². The predicted octanol–water partition coefficient (Wildman–Crippen LogP) is 1.68. The summed E-state index contributed by atoms with van der Waals surface area (Å²) in [5, 5.41) is 3.32. The van der Waals surface area contributed by atoms with Crippen molar-refractivity contribution >= 4 is 10.0 Å². The molecule has 0 radical (unpaired) electrons. The molecule has 3 unspecified atom stereocenters. The van der Waals surface area contributed by atoms with E-state index in [0.717, 1.165) is 19.3 Å². The standard InChI is InChI=1S/C13H28N2O2S/c1-5-13(11(2)14-3)9-12-7-6-8-15(10-12)18(4,16)17/h11-14H,5-10H2,1-4H3. The van der Waals surface area contributed by atoms with Gasteiger partial charge in [-0.05, 0) is 45.1 Å². The molecule has 108 valence electrons. The van der Waals surface area contributed by atoms with Gasteiger partial charge in [0, 0.05) is 19.1 Å². The van der Waals surface area contributed by atoms with Crippen molar-refractivity contribution in [2.75, 3.05) is 26.4 Å². The highest BCUT2D eigenvalue weighted by Gasteiger charge is 2.28. The Morgan fingerprint density at radius 2 is 2.11 bits per heavy atom. The first-order valence-electron chi connectivity index (χ1n) is 7.00. The molecule has 0 aromatic heterocycles. The van der Waals surface area contributed by atoms with Gasteiger partial charge in [-0.2, -0.15) is 0 Å². The van der Waals surface area contributed by atoms with Crippen LogP contribution in [0.15, 0.2) is 0 Å². The summed E-state index contributed by atoms with van der Waals surface area (Å²) in [6.07, 6.45) is 5.77. The molecule has 1 saturated heterocycles. The van der Waals surface area contributed by atoms with Crippen LogP contribution in [0.1, 0.15) is 39.5 Å². The molecule has 1 heterocycles. The first-order chi connectivity index (χ1) is 8.38. The quantitative estimate of drug-likeness (QED) is 0.803. The Kier molecular flexibility index (Phi) is 6.08. The number of sulfonamides is 1. The fourth-order valence-electron chi connectivity index (χ4n) is 2.91. The summed E-state index contributed by atoms with van der Waals surface area (Å²) in [5.74, 6) is 1.16. The van der Waals surface area contributed by atoms with Crippen LogP contribution in [-0.4, -0.2) is 45.2 Å². The Hall–Kier alpha value is -0.130. The molecule has 0 saturated carbocycles. The van der Waals surface area contributed by atoms with Gasteiger partial charge in [-0.15, -0.1) is 0 Å². The van der Waals surface area contributed by atoms with Crippen molar-refractivity contribution in [3.8, 4) is 0 Å². The van der Waals surface area contributed by atoms with Crippen LogP contribution in [0.3, 0.4) is 0 Å². The molecule has 1 N–H and O–H groups in total.